The molecule has 180 valence electrons. The first-order valence-corrected chi connectivity index (χ1v) is 11.9. The first kappa shape index (κ1) is 25.2. The van der Waals surface area contributed by atoms with Gasteiger partial charge in [-0.3, -0.25) is 9.63 Å². The average Bonchev–Trinajstić information content (AvgIpc) is 2.82. The quantitative estimate of drug-likeness (QED) is 0.553. The third kappa shape index (κ3) is 4.11. The van der Waals surface area contributed by atoms with E-state index in [4.69, 9.17) is 19.0 Å². The number of hydrogen-bond donors (Lipinski definition) is 0. The highest BCUT2D eigenvalue weighted by Gasteiger charge is 2.64. The van der Waals surface area contributed by atoms with Crippen LogP contribution in [0.1, 0.15) is 79.4 Å². The zero-order chi connectivity index (χ0) is 23.8. The Hall–Kier alpha value is -1.47. The third-order valence-corrected chi connectivity index (χ3v) is 8.13. The van der Waals surface area contributed by atoms with E-state index in [1.807, 2.05) is 25.1 Å². The van der Waals surface area contributed by atoms with Crippen LogP contribution in [0.3, 0.4) is 0 Å². The number of hydroxylamine groups is 2. The van der Waals surface area contributed by atoms with Gasteiger partial charge in [0.2, 0.25) is 0 Å². The van der Waals surface area contributed by atoms with Crippen molar-refractivity contribution >= 4 is 5.97 Å². The van der Waals surface area contributed by atoms with Crippen LogP contribution in [0.4, 0.5) is 0 Å². The van der Waals surface area contributed by atoms with Crippen molar-refractivity contribution in [2.75, 3.05) is 20.3 Å². The van der Waals surface area contributed by atoms with E-state index < -0.39 is 11.2 Å². The van der Waals surface area contributed by atoms with E-state index in [1.54, 1.807) is 0 Å². The van der Waals surface area contributed by atoms with Crippen LogP contribution in [0.5, 0.6) is 0 Å². The molecule has 32 heavy (non-hydrogen) atoms. The molecule has 0 radical (unpaired) electrons. The molecule has 4 atom stereocenters. The highest BCUT2D eigenvalue weighted by atomic mass is 16.7. The largest absolute Gasteiger partial charge is 0.468 e. The maximum atomic E-state index is 12.3. The molecule has 6 nitrogen and oxygen atoms in total. The van der Waals surface area contributed by atoms with Crippen LogP contribution >= 0.6 is 0 Å². The first-order chi connectivity index (χ1) is 15.0. The van der Waals surface area contributed by atoms with Gasteiger partial charge in [-0.25, -0.2) is 0 Å². The van der Waals surface area contributed by atoms with Crippen molar-refractivity contribution in [2.45, 2.75) is 90.7 Å². The molecule has 3 rings (SSSR count). The van der Waals surface area contributed by atoms with E-state index >= 15 is 0 Å². The second-order valence-corrected chi connectivity index (χ2v) is 10.4. The van der Waals surface area contributed by atoms with Crippen molar-refractivity contribution < 1.29 is 23.8 Å². The molecule has 2 aliphatic rings. The lowest BCUT2D eigenvalue weighted by Gasteiger charge is -2.64. The molecule has 2 saturated heterocycles. The van der Waals surface area contributed by atoms with Gasteiger partial charge in [0.25, 0.3) is 0 Å². The molecule has 2 aliphatic heterocycles. The maximum Gasteiger partial charge on any atom is 0.316 e. The van der Waals surface area contributed by atoms with Gasteiger partial charge in [-0.15, -0.1) is 0 Å². The molecule has 0 amide bonds. The smallest absolute Gasteiger partial charge is 0.316 e. The summed E-state index contributed by atoms with van der Waals surface area (Å²) in [6.45, 7) is 15.5. The van der Waals surface area contributed by atoms with Gasteiger partial charge in [0.1, 0.15) is 11.5 Å². The van der Waals surface area contributed by atoms with Crippen LogP contribution < -0.4 is 0 Å². The molecule has 4 unspecified atom stereocenters. The summed E-state index contributed by atoms with van der Waals surface area (Å²) in [6.07, 6.45) is 2.32. The molecular weight excluding hydrogens is 406 g/mol. The summed E-state index contributed by atoms with van der Waals surface area (Å²) in [5.74, 6) is -1.06. The summed E-state index contributed by atoms with van der Waals surface area (Å²) in [7, 11) is 1.41. The van der Waals surface area contributed by atoms with Crippen LogP contribution in [-0.4, -0.2) is 48.2 Å². The minimum Gasteiger partial charge on any atom is -0.468 e. The lowest BCUT2D eigenvalue weighted by Crippen LogP contribution is -2.74. The van der Waals surface area contributed by atoms with Crippen molar-refractivity contribution in [2.24, 2.45) is 11.3 Å². The molecule has 1 aromatic carbocycles. The van der Waals surface area contributed by atoms with Gasteiger partial charge in [0, 0.05) is 17.9 Å². The van der Waals surface area contributed by atoms with Crippen molar-refractivity contribution in [3.05, 3.63) is 35.9 Å². The van der Waals surface area contributed by atoms with Gasteiger partial charge in [-0.05, 0) is 46.1 Å². The van der Waals surface area contributed by atoms with Crippen LogP contribution in [0.2, 0.25) is 0 Å². The van der Waals surface area contributed by atoms with Crippen molar-refractivity contribution in [1.82, 2.24) is 5.06 Å². The number of carbonyl (C=O) groups excluding carboxylic acids is 1. The highest BCUT2D eigenvalue weighted by molar-refractivity contribution is 5.76. The normalized spacial score (nSPS) is 39.1. The number of piperidine rings is 1. The molecule has 0 saturated carbocycles. The molecule has 1 spiro atoms. The molecule has 0 aromatic heterocycles. The summed E-state index contributed by atoms with van der Waals surface area (Å²) >= 11 is 0. The molecule has 1 aromatic rings. The van der Waals surface area contributed by atoms with Gasteiger partial charge < -0.3 is 14.2 Å². The lowest BCUT2D eigenvalue weighted by atomic mass is 9.67. The second kappa shape index (κ2) is 9.05. The molecule has 0 aliphatic carbocycles. The Morgan fingerprint density at radius 2 is 1.72 bits per heavy atom. The van der Waals surface area contributed by atoms with Crippen LogP contribution in [0.25, 0.3) is 0 Å². The van der Waals surface area contributed by atoms with Crippen LogP contribution in [0, 0.1) is 11.3 Å². The number of benzene rings is 1. The van der Waals surface area contributed by atoms with Crippen molar-refractivity contribution in [3.63, 3.8) is 0 Å². The summed E-state index contributed by atoms with van der Waals surface area (Å²) in [5.41, 5.74) is -0.276. The summed E-state index contributed by atoms with van der Waals surface area (Å²) in [5, 5.41) is 2.23. The van der Waals surface area contributed by atoms with Crippen molar-refractivity contribution in [3.8, 4) is 0 Å². The number of rotatable bonds is 6. The topological polar surface area (TPSA) is 57.2 Å². The van der Waals surface area contributed by atoms with E-state index in [2.05, 4.69) is 58.7 Å². The Morgan fingerprint density at radius 3 is 2.22 bits per heavy atom. The fourth-order valence-corrected chi connectivity index (χ4v) is 5.29. The minimum absolute atomic E-state index is 0.0183. The molecule has 6 heteroatoms. The SMILES string of the molecule is CCC1(C)CC2(OCC(C)(C(=O)OC)CO2)C(C)C(C)(CC)N1OC(C)c1ccccc1. The zero-order valence-corrected chi connectivity index (χ0v) is 21.1. The molecule has 2 fully saturated rings. The van der Waals surface area contributed by atoms with E-state index in [0.717, 1.165) is 18.4 Å². The van der Waals surface area contributed by atoms with E-state index in [1.165, 1.54) is 7.11 Å². The Labute approximate surface area is 193 Å². The monoisotopic (exact) mass is 447 g/mol. The number of carbonyl (C=O) groups is 1. The minimum atomic E-state index is -0.791. The Kier molecular flexibility index (Phi) is 7.12. The van der Waals surface area contributed by atoms with Gasteiger partial charge >= 0.3 is 5.97 Å². The summed E-state index contributed by atoms with van der Waals surface area (Å²) in [6, 6.07) is 10.3. The maximum absolute atomic E-state index is 12.3. The Bertz CT molecular complexity index is 791. The fraction of sp³-hybridized carbons (Fsp3) is 0.731. The van der Waals surface area contributed by atoms with Gasteiger partial charge in [-0.2, -0.15) is 5.06 Å². The second-order valence-electron chi connectivity index (χ2n) is 10.4. The number of hydrogen-bond acceptors (Lipinski definition) is 6. The predicted octanol–water partition coefficient (Wildman–Crippen LogP) is 5.28. The highest BCUT2D eigenvalue weighted by Crippen LogP contribution is 2.54. The number of nitrogens with zero attached hydrogens (tertiary/aromatic N) is 1. The zero-order valence-electron chi connectivity index (χ0n) is 21.1. The fourth-order valence-electron chi connectivity index (χ4n) is 5.29. The molecule has 0 bridgehead atoms. The Balaban J connectivity index is 1.92. The Morgan fingerprint density at radius 1 is 1.12 bits per heavy atom. The predicted molar refractivity (Wildman–Crippen MR) is 124 cm³/mol. The van der Waals surface area contributed by atoms with E-state index in [9.17, 15) is 4.79 Å². The number of methoxy groups -OCH3 is 1. The molecule has 2 heterocycles. The van der Waals surface area contributed by atoms with Gasteiger partial charge in [0.15, 0.2) is 5.79 Å². The average molecular weight is 448 g/mol. The van der Waals surface area contributed by atoms with E-state index in [-0.39, 0.29) is 42.3 Å². The first-order valence-electron chi connectivity index (χ1n) is 11.9. The molecular formula is C26H41NO5. The van der Waals surface area contributed by atoms with Crippen LogP contribution in [-0.2, 0) is 23.8 Å². The van der Waals surface area contributed by atoms with Gasteiger partial charge in [-0.1, -0.05) is 51.1 Å². The summed E-state index contributed by atoms with van der Waals surface area (Å²) < 4.78 is 18.0. The lowest BCUT2D eigenvalue weighted by molar-refractivity contribution is -0.414. The van der Waals surface area contributed by atoms with E-state index in [0.29, 0.717) is 6.42 Å². The van der Waals surface area contributed by atoms with Crippen molar-refractivity contribution in [1.29, 1.82) is 0 Å². The van der Waals surface area contributed by atoms with Crippen LogP contribution in [0.15, 0.2) is 30.3 Å². The summed E-state index contributed by atoms with van der Waals surface area (Å²) in [4.78, 5) is 19.0. The third-order valence-electron chi connectivity index (χ3n) is 8.13. The number of esters is 1. The number of ether oxygens (including phenoxy) is 3. The molecule has 0 N–H and O–H groups in total. The standard InChI is InChI=1S/C26H41NO5/c1-9-24(6)16-26(30-17-23(5,18-31-26)22(28)29-8)20(4)25(7,10-2)27(24)32-19(3)21-14-12-11-13-15-21/h11-15,19-20H,9-10,16-18H2,1-8H3. The van der Waals surface area contributed by atoms with Gasteiger partial charge in [0.05, 0.1) is 25.9 Å².